The van der Waals surface area contributed by atoms with Crippen LogP contribution in [0.15, 0.2) is 0 Å². The molecule has 0 spiro atoms. The Morgan fingerprint density at radius 2 is 0.860 bits per heavy atom. The van der Waals surface area contributed by atoms with Gasteiger partial charge in [0.1, 0.15) is 17.3 Å². The van der Waals surface area contributed by atoms with Gasteiger partial charge in [0.2, 0.25) is 5.91 Å². The van der Waals surface area contributed by atoms with E-state index in [1.165, 1.54) is 84.0 Å². The van der Waals surface area contributed by atoms with Crippen molar-refractivity contribution in [3.8, 4) is 0 Å². The predicted molar refractivity (Wildman–Crippen MR) is 195 cm³/mol. The van der Waals surface area contributed by atoms with E-state index in [0.29, 0.717) is 78.0 Å². The minimum atomic E-state index is -1.03. The molecule has 0 aliphatic rings. The molecule has 0 unspecified atom stereocenters. The summed E-state index contributed by atoms with van der Waals surface area (Å²) in [7, 11) is 0. The van der Waals surface area contributed by atoms with Crippen molar-refractivity contribution in [2.45, 2.75) is 155 Å². The molecule has 0 bridgehead atoms. The second-order valence-corrected chi connectivity index (χ2v) is 13.4. The number of ketones is 3. The number of rotatable bonds is 40. The molecule has 1 atom stereocenters. The third kappa shape index (κ3) is 37.1. The number of nitrogens with one attached hydrogen (secondary N) is 1. The topological polar surface area (TPSA) is 155 Å². The molecule has 11 nitrogen and oxygen atoms in total. The monoisotopic (exact) mass is 714 g/mol. The largest absolute Gasteiger partial charge is 0.481 e. The summed E-state index contributed by atoms with van der Waals surface area (Å²) in [6.45, 7) is 6.75. The van der Waals surface area contributed by atoms with E-state index in [-0.39, 0.29) is 36.7 Å². The zero-order valence-corrected chi connectivity index (χ0v) is 31.6. The Balaban J connectivity index is 3.59. The molecule has 11 heteroatoms. The number of amides is 1. The van der Waals surface area contributed by atoms with E-state index in [1.54, 1.807) is 6.92 Å². The molecule has 0 aromatic rings. The van der Waals surface area contributed by atoms with Crippen LogP contribution in [-0.2, 0) is 42.9 Å². The Labute approximate surface area is 302 Å². The highest BCUT2D eigenvalue weighted by molar-refractivity contribution is 5.84. The van der Waals surface area contributed by atoms with Gasteiger partial charge in [-0.2, -0.15) is 0 Å². The predicted octanol–water partition coefficient (Wildman–Crippen LogP) is 7.20. The zero-order valence-electron chi connectivity index (χ0n) is 31.6. The number of carboxylic acid groups (broad SMARTS) is 1. The summed E-state index contributed by atoms with van der Waals surface area (Å²) in [4.78, 5) is 58.0. The Kier molecular flexibility index (Phi) is 35.0. The molecular weight excluding hydrogens is 642 g/mol. The Morgan fingerprint density at radius 3 is 1.28 bits per heavy atom. The minimum absolute atomic E-state index is 0.0210. The average Bonchev–Trinajstić information content (AvgIpc) is 3.07. The molecule has 0 radical (unpaired) electrons. The molecule has 0 fully saturated rings. The van der Waals surface area contributed by atoms with Gasteiger partial charge in [-0.05, 0) is 33.1 Å². The second kappa shape index (κ2) is 36.6. The third-order valence-electron chi connectivity index (χ3n) is 8.56. The normalized spacial score (nSPS) is 11.8. The highest BCUT2D eigenvalue weighted by atomic mass is 16.6. The molecule has 0 rings (SSSR count). The number of ether oxygens (including phenoxy) is 4. The van der Waals surface area contributed by atoms with Crippen molar-refractivity contribution in [3.63, 3.8) is 0 Å². The lowest BCUT2D eigenvalue weighted by atomic mass is 9.94. The minimum Gasteiger partial charge on any atom is -0.481 e. The lowest BCUT2D eigenvalue weighted by Crippen LogP contribution is -2.29. The zero-order chi connectivity index (χ0) is 36.9. The fraction of sp³-hybridized carbons (Fsp3) is 0.872. The summed E-state index contributed by atoms with van der Waals surface area (Å²) in [6.07, 6.45) is 21.0. The molecule has 50 heavy (non-hydrogen) atoms. The number of Topliss-reactive ketones (excluding diaryl/α,β-unsaturated/α-hetero) is 3. The molecule has 1 amide bonds. The van der Waals surface area contributed by atoms with Crippen molar-refractivity contribution in [1.29, 1.82) is 0 Å². The Hall–Kier alpha value is -2.21. The van der Waals surface area contributed by atoms with Gasteiger partial charge < -0.3 is 34.2 Å². The summed E-state index contributed by atoms with van der Waals surface area (Å²) in [5.41, 5.74) is 0. The average molecular weight is 714 g/mol. The number of carbonyl (C=O) groups is 5. The van der Waals surface area contributed by atoms with E-state index in [1.807, 2.05) is 0 Å². The quantitative estimate of drug-likeness (QED) is 0.0623. The lowest BCUT2D eigenvalue weighted by molar-refractivity contribution is -0.144. The molecule has 0 saturated heterocycles. The van der Waals surface area contributed by atoms with Gasteiger partial charge in [-0.25, -0.2) is 0 Å². The van der Waals surface area contributed by atoms with Crippen LogP contribution in [0.1, 0.15) is 155 Å². The fourth-order valence-electron chi connectivity index (χ4n) is 5.49. The van der Waals surface area contributed by atoms with Crippen molar-refractivity contribution in [3.05, 3.63) is 0 Å². The molecule has 2 N–H and O–H groups in total. The van der Waals surface area contributed by atoms with Gasteiger partial charge in [0.05, 0.1) is 58.8 Å². The van der Waals surface area contributed by atoms with Crippen molar-refractivity contribution >= 4 is 29.2 Å². The number of unbranched alkanes of at least 4 members (excludes halogenated alkanes) is 15. The highest BCUT2D eigenvalue weighted by Gasteiger charge is 2.22. The van der Waals surface area contributed by atoms with E-state index < -0.39 is 11.9 Å². The standard InChI is InChI=1S/C39H71NO10/c1-34(41)19-17-15-13-11-9-7-5-3-4-6-8-10-12-14-16-18-20-37(43)33-36(39(45)46)21-22-38(44)40-24-26-48-28-30-50-32-31-49-29-27-47-25-23-35(2)42/h36H,3-33H2,1-2H3,(H,40,44)(H,45,46)/t36-/m1/s1. The van der Waals surface area contributed by atoms with Gasteiger partial charge in [-0.1, -0.05) is 89.9 Å². The molecule has 0 saturated carbocycles. The molecule has 0 aromatic heterocycles. The summed E-state index contributed by atoms with van der Waals surface area (Å²) < 4.78 is 21.5. The van der Waals surface area contributed by atoms with Crippen LogP contribution in [0.5, 0.6) is 0 Å². The lowest BCUT2D eigenvalue weighted by Gasteiger charge is -2.12. The first-order chi connectivity index (χ1) is 24.2. The van der Waals surface area contributed by atoms with E-state index in [0.717, 1.165) is 32.1 Å². The second-order valence-electron chi connectivity index (χ2n) is 13.4. The smallest absolute Gasteiger partial charge is 0.306 e. The molecule has 0 heterocycles. The maximum atomic E-state index is 12.4. The van der Waals surface area contributed by atoms with Gasteiger partial charge in [-0.15, -0.1) is 0 Å². The molecule has 0 aromatic carbocycles. The maximum Gasteiger partial charge on any atom is 0.306 e. The van der Waals surface area contributed by atoms with Crippen LogP contribution in [-0.4, -0.2) is 93.7 Å². The fourth-order valence-corrected chi connectivity index (χ4v) is 5.49. The van der Waals surface area contributed by atoms with Crippen LogP contribution in [0.4, 0.5) is 0 Å². The number of hydrogen-bond acceptors (Lipinski definition) is 9. The summed E-state index contributed by atoms with van der Waals surface area (Å²) in [5.74, 6) is -1.76. The van der Waals surface area contributed by atoms with Crippen LogP contribution in [0.3, 0.4) is 0 Å². The first-order valence-electron chi connectivity index (χ1n) is 19.5. The summed E-state index contributed by atoms with van der Waals surface area (Å²) in [6, 6.07) is 0. The van der Waals surface area contributed by atoms with Crippen molar-refractivity contribution in [2.24, 2.45) is 5.92 Å². The molecule has 292 valence electrons. The van der Waals surface area contributed by atoms with E-state index >= 15 is 0 Å². The third-order valence-corrected chi connectivity index (χ3v) is 8.56. The van der Waals surface area contributed by atoms with Gasteiger partial charge in [0, 0.05) is 38.6 Å². The van der Waals surface area contributed by atoms with Crippen LogP contribution < -0.4 is 5.32 Å². The number of hydrogen-bond donors (Lipinski definition) is 2. The van der Waals surface area contributed by atoms with Gasteiger partial charge in [-0.3, -0.25) is 19.2 Å². The number of carbonyl (C=O) groups excluding carboxylic acids is 4. The van der Waals surface area contributed by atoms with E-state index in [4.69, 9.17) is 18.9 Å². The van der Waals surface area contributed by atoms with Crippen molar-refractivity contribution in [2.75, 3.05) is 59.4 Å². The van der Waals surface area contributed by atoms with Crippen LogP contribution in [0, 0.1) is 5.92 Å². The van der Waals surface area contributed by atoms with Crippen molar-refractivity contribution in [1.82, 2.24) is 5.32 Å². The van der Waals surface area contributed by atoms with Gasteiger partial charge in [0.15, 0.2) is 0 Å². The number of carboxylic acids is 1. The van der Waals surface area contributed by atoms with Crippen LogP contribution >= 0.6 is 0 Å². The van der Waals surface area contributed by atoms with Gasteiger partial charge in [0.25, 0.3) is 0 Å². The Bertz CT molecular complexity index is 866. The number of aliphatic carboxylic acids is 1. The first kappa shape index (κ1) is 47.8. The molecule has 0 aliphatic carbocycles. The molecule has 0 aliphatic heterocycles. The van der Waals surface area contributed by atoms with Gasteiger partial charge >= 0.3 is 5.97 Å². The van der Waals surface area contributed by atoms with Crippen LogP contribution in [0.2, 0.25) is 0 Å². The first-order valence-corrected chi connectivity index (χ1v) is 19.5. The van der Waals surface area contributed by atoms with Crippen LogP contribution in [0.25, 0.3) is 0 Å². The molecular formula is C39H71NO10. The summed E-state index contributed by atoms with van der Waals surface area (Å²) in [5, 5.41) is 12.3. The Morgan fingerprint density at radius 1 is 0.480 bits per heavy atom. The highest BCUT2D eigenvalue weighted by Crippen LogP contribution is 2.17. The van der Waals surface area contributed by atoms with E-state index in [9.17, 15) is 29.1 Å². The SMILES string of the molecule is CC(=O)CCCCCCCCCCCCCCCCCCC(=O)C[C@@H](CCC(=O)NCCOCCOCCOCCOCCC(C)=O)C(=O)O. The van der Waals surface area contributed by atoms with Crippen molar-refractivity contribution < 1.29 is 48.0 Å². The summed E-state index contributed by atoms with van der Waals surface area (Å²) >= 11 is 0. The maximum absolute atomic E-state index is 12.4. The van der Waals surface area contributed by atoms with E-state index in [2.05, 4.69) is 5.32 Å².